The van der Waals surface area contributed by atoms with E-state index in [0.717, 1.165) is 16.9 Å². The first kappa shape index (κ1) is 11.5. The molecule has 0 spiro atoms. The zero-order valence-electron chi connectivity index (χ0n) is 10.4. The van der Waals surface area contributed by atoms with Gasteiger partial charge in [-0.3, -0.25) is 0 Å². The summed E-state index contributed by atoms with van der Waals surface area (Å²) >= 11 is 0. The molecule has 0 unspecified atom stereocenters. The van der Waals surface area contributed by atoms with E-state index in [4.69, 9.17) is 10.5 Å². The number of hydrogen-bond acceptors (Lipinski definition) is 3. The molecular weight excluding hydrogens is 236 g/mol. The van der Waals surface area contributed by atoms with Crippen molar-refractivity contribution in [3.63, 3.8) is 0 Å². The van der Waals surface area contributed by atoms with Crippen molar-refractivity contribution in [1.29, 1.82) is 0 Å². The van der Waals surface area contributed by atoms with Gasteiger partial charge in [-0.1, -0.05) is 60.7 Å². The van der Waals surface area contributed by atoms with Crippen molar-refractivity contribution in [3.8, 4) is 0 Å². The van der Waals surface area contributed by atoms with Crippen LogP contribution >= 0.6 is 0 Å². The monoisotopic (exact) mass is 250 g/mol. The molecule has 19 heavy (non-hydrogen) atoms. The molecule has 0 fully saturated rings. The fourth-order valence-electron chi connectivity index (χ4n) is 2.07. The highest BCUT2D eigenvalue weighted by Crippen LogP contribution is 2.28. The second kappa shape index (κ2) is 4.98. The van der Waals surface area contributed by atoms with Crippen LogP contribution in [0.2, 0.25) is 0 Å². The first-order valence-corrected chi connectivity index (χ1v) is 6.16. The van der Waals surface area contributed by atoms with Gasteiger partial charge in [0, 0.05) is 5.56 Å². The highest BCUT2D eigenvalue weighted by Gasteiger charge is 2.17. The van der Waals surface area contributed by atoms with Crippen LogP contribution in [0.3, 0.4) is 0 Å². The Hall–Kier alpha value is -2.55. The number of benzene rings is 2. The third-order valence-corrected chi connectivity index (χ3v) is 2.99. The van der Waals surface area contributed by atoms with Crippen molar-refractivity contribution in [3.05, 3.63) is 77.9 Å². The molecule has 3 rings (SSSR count). The average molecular weight is 250 g/mol. The van der Waals surface area contributed by atoms with Crippen LogP contribution < -0.4 is 5.73 Å². The van der Waals surface area contributed by atoms with E-state index in [1.807, 2.05) is 66.7 Å². The van der Waals surface area contributed by atoms with Crippen LogP contribution in [-0.4, -0.2) is 6.02 Å². The zero-order chi connectivity index (χ0) is 13.1. The van der Waals surface area contributed by atoms with E-state index in [9.17, 15) is 0 Å². The van der Waals surface area contributed by atoms with Crippen molar-refractivity contribution in [1.82, 2.24) is 0 Å². The molecule has 3 heteroatoms. The lowest BCUT2D eigenvalue weighted by Crippen LogP contribution is -2.20. The summed E-state index contributed by atoms with van der Waals surface area (Å²) in [6.45, 7) is 0. The average Bonchev–Trinajstić information content (AvgIpc) is 2.48. The minimum atomic E-state index is -0.0924. The van der Waals surface area contributed by atoms with Crippen molar-refractivity contribution in [2.24, 2.45) is 10.7 Å². The molecule has 0 amide bonds. The van der Waals surface area contributed by atoms with Crippen molar-refractivity contribution < 1.29 is 4.74 Å². The van der Waals surface area contributed by atoms with Crippen LogP contribution in [0.1, 0.15) is 17.2 Å². The van der Waals surface area contributed by atoms with Crippen molar-refractivity contribution in [2.45, 2.75) is 6.04 Å². The largest absolute Gasteiger partial charge is 0.426 e. The SMILES string of the molecule is NC1=N[C@H](c2ccccc2)C=C(c2ccccc2)O1. The number of nitrogens with zero attached hydrogens (tertiary/aromatic N) is 1. The molecule has 3 nitrogen and oxygen atoms in total. The van der Waals surface area contributed by atoms with Crippen molar-refractivity contribution >= 4 is 11.8 Å². The Kier molecular flexibility index (Phi) is 3.02. The quantitative estimate of drug-likeness (QED) is 0.890. The lowest BCUT2D eigenvalue weighted by atomic mass is 10.0. The standard InChI is InChI=1S/C16H14N2O/c17-16-18-14(12-7-3-1-4-8-12)11-15(19-16)13-9-5-2-6-10-13/h1-11,14H,(H2,17,18)/t14-/m0/s1. The summed E-state index contributed by atoms with van der Waals surface area (Å²) < 4.78 is 5.51. The molecule has 0 bridgehead atoms. The lowest BCUT2D eigenvalue weighted by Gasteiger charge is -2.19. The Morgan fingerprint density at radius 1 is 0.895 bits per heavy atom. The van der Waals surface area contributed by atoms with E-state index in [0.29, 0.717) is 0 Å². The number of amidine groups is 1. The highest BCUT2D eigenvalue weighted by molar-refractivity contribution is 5.82. The molecule has 1 aliphatic heterocycles. The molecule has 2 aromatic carbocycles. The molecule has 1 aliphatic rings. The van der Waals surface area contributed by atoms with E-state index in [2.05, 4.69) is 4.99 Å². The third-order valence-electron chi connectivity index (χ3n) is 2.99. The molecule has 1 heterocycles. The van der Waals surface area contributed by atoms with Gasteiger partial charge in [0.1, 0.15) is 11.8 Å². The first-order valence-electron chi connectivity index (χ1n) is 6.16. The van der Waals surface area contributed by atoms with E-state index in [1.54, 1.807) is 0 Å². The minimum absolute atomic E-state index is 0.0924. The molecular formula is C16H14N2O. The molecule has 1 atom stereocenters. The Labute approximate surface area is 112 Å². The van der Waals surface area contributed by atoms with Gasteiger partial charge in [0.2, 0.25) is 0 Å². The normalized spacial score (nSPS) is 18.2. The van der Waals surface area contributed by atoms with E-state index in [-0.39, 0.29) is 12.1 Å². The van der Waals surface area contributed by atoms with Gasteiger partial charge in [0.25, 0.3) is 6.02 Å². The molecule has 0 aliphatic carbocycles. The summed E-state index contributed by atoms with van der Waals surface area (Å²) in [6, 6.07) is 20.0. The summed E-state index contributed by atoms with van der Waals surface area (Å²) in [5, 5.41) is 0. The number of hydrogen-bond donors (Lipinski definition) is 1. The predicted octanol–water partition coefficient (Wildman–Crippen LogP) is 3.11. The Morgan fingerprint density at radius 2 is 1.53 bits per heavy atom. The maximum atomic E-state index is 5.78. The van der Waals surface area contributed by atoms with Gasteiger partial charge in [-0.15, -0.1) is 0 Å². The Morgan fingerprint density at radius 3 is 2.21 bits per heavy atom. The minimum Gasteiger partial charge on any atom is -0.426 e. The third kappa shape index (κ3) is 2.50. The molecule has 2 aromatic rings. The van der Waals surface area contributed by atoms with Crippen LogP contribution in [0.4, 0.5) is 0 Å². The van der Waals surface area contributed by atoms with E-state index >= 15 is 0 Å². The molecule has 94 valence electrons. The predicted molar refractivity (Wildman–Crippen MR) is 76.3 cm³/mol. The van der Waals surface area contributed by atoms with Crippen LogP contribution in [0, 0.1) is 0 Å². The van der Waals surface area contributed by atoms with Gasteiger partial charge in [-0.25, -0.2) is 4.99 Å². The summed E-state index contributed by atoms with van der Waals surface area (Å²) in [5.41, 5.74) is 7.88. The lowest BCUT2D eigenvalue weighted by molar-refractivity contribution is 0.476. The molecule has 0 radical (unpaired) electrons. The molecule has 0 saturated carbocycles. The van der Waals surface area contributed by atoms with Crippen LogP contribution in [0.25, 0.3) is 5.76 Å². The Balaban J connectivity index is 1.97. The topological polar surface area (TPSA) is 47.6 Å². The van der Waals surface area contributed by atoms with Gasteiger partial charge in [0.05, 0.1) is 0 Å². The maximum Gasteiger partial charge on any atom is 0.288 e. The number of aliphatic imine (C=N–C) groups is 1. The van der Waals surface area contributed by atoms with E-state index in [1.165, 1.54) is 0 Å². The van der Waals surface area contributed by atoms with Gasteiger partial charge in [0.15, 0.2) is 0 Å². The fourth-order valence-corrected chi connectivity index (χ4v) is 2.07. The fraction of sp³-hybridized carbons (Fsp3) is 0.0625. The number of nitrogens with two attached hydrogens (primary N) is 1. The van der Waals surface area contributed by atoms with Gasteiger partial charge >= 0.3 is 0 Å². The first-order chi connectivity index (χ1) is 9.33. The number of rotatable bonds is 2. The van der Waals surface area contributed by atoms with Crippen LogP contribution in [0.15, 0.2) is 71.7 Å². The van der Waals surface area contributed by atoms with Crippen LogP contribution in [-0.2, 0) is 4.74 Å². The second-order valence-electron chi connectivity index (χ2n) is 4.32. The summed E-state index contributed by atoms with van der Waals surface area (Å²) in [7, 11) is 0. The molecule has 0 saturated heterocycles. The van der Waals surface area contributed by atoms with Gasteiger partial charge in [-0.05, 0) is 11.6 Å². The van der Waals surface area contributed by atoms with Gasteiger partial charge < -0.3 is 10.5 Å². The summed E-state index contributed by atoms with van der Waals surface area (Å²) in [6.07, 6.45) is 1.99. The smallest absolute Gasteiger partial charge is 0.288 e. The number of ether oxygens (including phenoxy) is 1. The summed E-state index contributed by atoms with van der Waals surface area (Å²) in [5.74, 6) is 0.752. The maximum absolute atomic E-state index is 5.78. The second-order valence-corrected chi connectivity index (χ2v) is 4.32. The molecule has 2 N–H and O–H groups in total. The van der Waals surface area contributed by atoms with Gasteiger partial charge in [-0.2, -0.15) is 0 Å². The zero-order valence-corrected chi connectivity index (χ0v) is 10.4. The highest BCUT2D eigenvalue weighted by atomic mass is 16.5. The Bertz CT molecular complexity index is 618. The summed E-state index contributed by atoms with van der Waals surface area (Å²) in [4.78, 5) is 4.32. The van der Waals surface area contributed by atoms with E-state index < -0.39 is 0 Å². The van der Waals surface area contributed by atoms with Crippen molar-refractivity contribution in [2.75, 3.05) is 0 Å². The van der Waals surface area contributed by atoms with Crippen LogP contribution in [0.5, 0.6) is 0 Å². The molecule has 0 aromatic heterocycles.